The minimum Gasteiger partial charge on any atom is -0.465 e. The van der Waals surface area contributed by atoms with Crippen LogP contribution in [0.15, 0.2) is 10.7 Å². The van der Waals surface area contributed by atoms with E-state index in [1.165, 1.54) is 0 Å². The second kappa shape index (κ2) is 4.85. The number of aryl methyl sites for hydroxylation is 1. The summed E-state index contributed by atoms with van der Waals surface area (Å²) in [7, 11) is 0. The van der Waals surface area contributed by atoms with E-state index >= 15 is 0 Å². The van der Waals surface area contributed by atoms with Gasteiger partial charge in [-0.2, -0.15) is 0 Å². The number of aliphatic hydroxyl groups is 1. The fourth-order valence-electron chi connectivity index (χ4n) is 4.95. The molecule has 1 aliphatic heterocycles. The van der Waals surface area contributed by atoms with Gasteiger partial charge in [0.15, 0.2) is 11.9 Å². The maximum Gasteiger partial charge on any atom is 0.309 e. The Balaban J connectivity index is 1.88. The average molecular weight is 334 g/mol. The van der Waals surface area contributed by atoms with Crippen LogP contribution in [0.3, 0.4) is 0 Å². The van der Waals surface area contributed by atoms with Gasteiger partial charge in [-0.25, -0.2) is 0 Å². The lowest BCUT2D eigenvalue weighted by molar-refractivity contribution is -0.179. The van der Waals surface area contributed by atoms with Gasteiger partial charge < -0.3 is 19.0 Å². The zero-order valence-electron chi connectivity index (χ0n) is 15.0. The van der Waals surface area contributed by atoms with Crippen LogP contribution in [0.5, 0.6) is 0 Å². The van der Waals surface area contributed by atoms with Gasteiger partial charge in [0.25, 0.3) is 0 Å². The van der Waals surface area contributed by atoms with Gasteiger partial charge in [-0.15, -0.1) is 0 Å². The first-order chi connectivity index (χ1) is 11.2. The number of carbonyl (C=O) groups excluding carboxylic acids is 1. The monoisotopic (exact) mass is 334 g/mol. The van der Waals surface area contributed by atoms with Crippen molar-refractivity contribution in [3.63, 3.8) is 0 Å². The van der Waals surface area contributed by atoms with E-state index < -0.39 is 23.2 Å². The molecule has 2 aliphatic carbocycles. The number of hydrogen-bond donors (Lipinski definition) is 1. The van der Waals surface area contributed by atoms with E-state index in [1.807, 2.05) is 20.8 Å². The number of esters is 1. The summed E-state index contributed by atoms with van der Waals surface area (Å²) >= 11 is 0. The SMILES string of the molecule is Cc1coc2c1[C@@H](O)[C@]1(C)[C@H](C)CC[C@H]3O[C@]31[C@H]2OC(=O)C(C)C. The summed E-state index contributed by atoms with van der Waals surface area (Å²) in [6, 6.07) is 0. The van der Waals surface area contributed by atoms with E-state index in [1.54, 1.807) is 6.26 Å². The highest BCUT2D eigenvalue weighted by molar-refractivity contribution is 5.72. The molecule has 0 bridgehead atoms. The van der Waals surface area contributed by atoms with Crippen LogP contribution in [0.2, 0.25) is 0 Å². The maximum atomic E-state index is 12.3. The zero-order valence-corrected chi connectivity index (χ0v) is 15.0. The Kier molecular flexibility index (Phi) is 3.27. The lowest BCUT2D eigenvalue weighted by Crippen LogP contribution is -2.56. The van der Waals surface area contributed by atoms with Gasteiger partial charge in [-0.1, -0.05) is 27.7 Å². The summed E-state index contributed by atoms with van der Waals surface area (Å²) in [6.45, 7) is 9.80. The molecule has 6 atom stereocenters. The molecular formula is C19H26O5. The molecule has 1 N–H and O–H groups in total. The summed E-state index contributed by atoms with van der Waals surface area (Å²) in [4.78, 5) is 12.3. The second-order valence-corrected chi connectivity index (χ2v) is 8.23. The number of epoxide rings is 1. The Morgan fingerprint density at radius 3 is 2.79 bits per heavy atom. The van der Waals surface area contributed by atoms with Crippen molar-refractivity contribution < 1.29 is 23.8 Å². The van der Waals surface area contributed by atoms with Gasteiger partial charge in [0.05, 0.1) is 24.4 Å². The van der Waals surface area contributed by atoms with Gasteiger partial charge in [0.2, 0.25) is 0 Å². The first-order valence-corrected chi connectivity index (χ1v) is 8.89. The first kappa shape index (κ1) is 16.2. The van der Waals surface area contributed by atoms with Gasteiger partial charge in [-0.3, -0.25) is 4.79 Å². The Hall–Kier alpha value is -1.33. The summed E-state index contributed by atoms with van der Waals surface area (Å²) in [5, 5.41) is 11.2. The second-order valence-electron chi connectivity index (χ2n) is 8.23. The van der Waals surface area contributed by atoms with Crippen LogP contribution >= 0.6 is 0 Å². The van der Waals surface area contributed by atoms with Crippen LogP contribution < -0.4 is 0 Å². The molecule has 2 fully saturated rings. The van der Waals surface area contributed by atoms with E-state index in [-0.39, 0.29) is 23.9 Å². The Morgan fingerprint density at radius 2 is 2.12 bits per heavy atom. The van der Waals surface area contributed by atoms with Crippen molar-refractivity contribution in [3.8, 4) is 0 Å². The van der Waals surface area contributed by atoms with Crippen LogP contribution in [0.4, 0.5) is 0 Å². The number of carbonyl (C=O) groups is 1. The molecule has 5 nitrogen and oxygen atoms in total. The molecule has 132 valence electrons. The molecule has 1 saturated heterocycles. The molecule has 1 saturated carbocycles. The average Bonchev–Trinajstić information content (AvgIpc) is 3.16. The van der Waals surface area contributed by atoms with Gasteiger partial charge in [0, 0.05) is 11.0 Å². The van der Waals surface area contributed by atoms with E-state index in [2.05, 4.69) is 13.8 Å². The third-order valence-electron chi connectivity index (χ3n) is 6.71. The smallest absolute Gasteiger partial charge is 0.309 e. The van der Waals surface area contributed by atoms with Crippen molar-refractivity contribution in [2.24, 2.45) is 17.3 Å². The van der Waals surface area contributed by atoms with E-state index in [9.17, 15) is 9.90 Å². The molecule has 1 aromatic rings. The summed E-state index contributed by atoms with van der Waals surface area (Å²) < 4.78 is 17.8. The molecule has 0 aromatic carbocycles. The number of furan rings is 1. The van der Waals surface area contributed by atoms with E-state index in [0.29, 0.717) is 5.76 Å². The summed E-state index contributed by atoms with van der Waals surface area (Å²) in [5.41, 5.74) is 0.493. The van der Waals surface area contributed by atoms with Crippen molar-refractivity contribution in [2.75, 3.05) is 0 Å². The maximum absolute atomic E-state index is 12.3. The first-order valence-electron chi connectivity index (χ1n) is 8.89. The highest BCUT2D eigenvalue weighted by atomic mass is 16.7. The quantitative estimate of drug-likeness (QED) is 0.662. The van der Waals surface area contributed by atoms with Crippen molar-refractivity contribution in [3.05, 3.63) is 23.2 Å². The third-order valence-corrected chi connectivity index (χ3v) is 6.71. The fourth-order valence-corrected chi connectivity index (χ4v) is 4.95. The minimum atomic E-state index is -0.680. The number of ether oxygens (including phenoxy) is 2. The molecular weight excluding hydrogens is 308 g/mol. The largest absolute Gasteiger partial charge is 0.465 e. The number of fused-ring (bicyclic) bond motifs is 1. The highest BCUT2D eigenvalue weighted by Gasteiger charge is 2.80. The van der Waals surface area contributed by atoms with Crippen LogP contribution in [-0.2, 0) is 14.3 Å². The molecule has 2 heterocycles. The number of aliphatic hydroxyl groups excluding tert-OH is 1. The normalized spacial score (nSPS) is 43.0. The van der Waals surface area contributed by atoms with Crippen molar-refractivity contribution in [1.82, 2.24) is 0 Å². The predicted octanol–water partition coefficient (Wildman–Crippen LogP) is 3.45. The van der Waals surface area contributed by atoms with Crippen LogP contribution in [0.1, 0.15) is 69.6 Å². The Labute approximate surface area is 142 Å². The molecule has 0 radical (unpaired) electrons. The lowest BCUT2D eigenvalue weighted by atomic mass is 9.53. The van der Waals surface area contributed by atoms with Gasteiger partial charge in [0.1, 0.15) is 5.60 Å². The summed E-state index contributed by atoms with van der Waals surface area (Å²) in [5.74, 6) is 0.329. The Bertz CT molecular complexity index is 692. The van der Waals surface area contributed by atoms with Crippen LogP contribution in [0, 0.1) is 24.2 Å². The van der Waals surface area contributed by atoms with Crippen LogP contribution in [0.25, 0.3) is 0 Å². The molecule has 5 heteroatoms. The molecule has 3 aliphatic rings. The molecule has 1 spiro atoms. The standard InChI is InChI=1S/C19H26O5/c1-9(2)17(21)23-16-14-13(10(3)8-22-14)15(20)18(5)11(4)6-7-12-19(16,18)24-12/h8-9,11-12,15-16,20H,6-7H2,1-5H3/t11-,12-,15-,16+,18+,19+/m1/s1. The molecule has 4 rings (SSSR count). The van der Waals surface area contributed by atoms with Crippen LogP contribution in [-0.4, -0.2) is 22.8 Å². The molecule has 1 aromatic heterocycles. The fraction of sp³-hybridized carbons (Fsp3) is 0.737. The number of rotatable bonds is 2. The third kappa shape index (κ3) is 1.70. The Morgan fingerprint density at radius 1 is 1.42 bits per heavy atom. The summed E-state index contributed by atoms with van der Waals surface area (Å²) in [6.07, 6.45) is 2.31. The minimum absolute atomic E-state index is 0.0110. The highest BCUT2D eigenvalue weighted by Crippen LogP contribution is 2.73. The predicted molar refractivity (Wildman–Crippen MR) is 86.2 cm³/mol. The van der Waals surface area contributed by atoms with E-state index in [4.69, 9.17) is 13.9 Å². The van der Waals surface area contributed by atoms with Gasteiger partial charge >= 0.3 is 5.97 Å². The molecule has 0 unspecified atom stereocenters. The zero-order chi connectivity index (χ0) is 17.4. The number of hydrogen-bond acceptors (Lipinski definition) is 5. The molecule has 24 heavy (non-hydrogen) atoms. The van der Waals surface area contributed by atoms with Gasteiger partial charge in [-0.05, 0) is 31.2 Å². The van der Waals surface area contributed by atoms with Crippen molar-refractivity contribution in [2.45, 2.75) is 71.4 Å². The van der Waals surface area contributed by atoms with Crippen molar-refractivity contribution in [1.29, 1.82) is 0 Å². The topological polar surface area (TPSA) is 72.2 Å². The van der Waals surface area contributed by atoms with E-state index in [0.717, 1.165) is 24.0 Å². The lowest BCUT2D eigenvalue weighted by Gasteiger charge is -2.52. The van der Waals surface area contributed by atoms with Crippen molar-refractivity contribution >= 4 is 5.97 Å². The molecule has 0 amide bonds.